The van der Waals surface area contributed by atoms with E-state index in [1.807, 2.05) is 0 Å². The number of carbonyl (C=O) groups excluding carboxylic acids is 2. The average Bonchev–Trinajstić information content (AvgIpc) is 2.22. The maximum Gasteiger partial charge on any atom is 0.241 e. The third-order valence-corrected chi connectivity index (χ3v) is 2.41. The molecule has 0 aliphatic carbocycles. The number of aromatic nitrogens is 1. The molecule has 0 aliphatic rings. The minimum absolute atomic E-state index is 0.171. The number of hydrogen-bond donors (Lipinski definition) is 3. The highest BCUT2D eigenvalue weighted by Gasteiger charge is 2.18. The van der Waals surface area contributed by atoms with Crippen LogP contribution in [-0.2, 0) is 9.59 Å². The lowest BCUT2D eigenvalue weighted by atomic mass is 10.2. The second-order valence-electron chi connectivity index (χ2n) is 3.56. The normalized spacial score (nSPS) is 11.9. The van der Waals surface area contributed by atoms with Crippen molar-refractivity contribution in [2.75, 3.05) is 5.32 Å². The van der Waals surface area contributed by atoms with Gasteiger partial charge in [0, 0.05) is 6.20 Å². The average molecular weight is 257 g/mol. The molecule has 7 heteroatoms. The van der Waals surface area contributed by atoms with Gasteiger partial charge in [-0.2, -0.15) is 0 Å². The molecule has 0 aromatic carbocycles. The number of anilines is 1. The zero-order chi connectivity index (χ0) is 13.0. The number of nitrogens with two attached hydrogens (primary N) is 2. The minimum atomic E-state index is -0.997. The van der Waals surface area contributed by atoms with E-state index in [1.54, 1.807) is 13.0 Å². The Morgan fingerprint density at radius 3 is 2.76 bits per heavy atom. The van der Waals surface area contributed by atoms with Crippen molar-refractivity contribution >= 4 is 29.1 Å². The first-order valence-electron chi connectivity index (χ1n) is 4.87. The van der Waals surface area contributed by atoms with Crippen LogP contribution in [0.5, 0.6) is 0 Å². The zero-order valence-electron chi connectivity index (χ0n) is 9.24. The molecule has 92 valence electrons. The van der Waals surface area contributed by atoms with Crippen LogP contribution >= 0.6 is 11.6 Å². The standard InChI is InChI=1S/C10H13ClN4O2/c1-5-2-3-14-9(11)8(5)15-10(17)6(12)4-7(13)16/h2-3,6H,4,12H2,1H3,(H2,13,16)(H,15,17). The Hall–Kier alpha value is -1.66. The van der Waals surface area contributed by atoms with E-state index in [-0.39, 0.29) is 11.6 Å². The Morgan fingerprint density at radius 1 is 1.59 bits per heavy atom. The van der Waals surface area contributed by atoms with Crippen molar-refractivity contribution < 1.29 is 9.59 Å². The number of primary amides is 1. The van der Waals surface area contributed by atoms with Crippen LogP contribution in [0.4, 0.5) is 5.69 Å². The number of aryl methyl sites for hydroxylation is 1. The first-order valence-corrected chi connectivity index (χ1v) is 5.25. The highest BCUT2D eigenvalue weighted by atomic mass is 35.5. The van der Waals surface area contributed by atoms with Crippen molar-refractivity contribution in [1.29, 1.82) is 0 Å². The van der Waals surface area contributed by atoms with E-state index in [2.05, 4.69) is 10.3 Å². The summed E-state index contributed by atoms with van der Waals surface area (Å²) in [6.45, 7) is 1.77. The summed E-state index contributed by atoms with van der Waals surface area (Å²) in [5.74, 6) is -1.16. The maximum absolute atomic E-state index is 11.6. The topological polar surface area (TPSA) is 111 Å². The molecule has 1 heterocycles. The second-order valence-corrected chi connectivity index (χ2v) is 3.92. The smallest absolute Gasteiger partial charge is 0.241 e. The monoisotopic (exact) mass is 256 g/mol. The SMILES string of the molecule is Cc1ccnc(Cl)c1NC(=O)C(N)CC(N)=O. The number of amides is 2. The molecule has 1 aromatic rings. The summed E-state index contributed by atoms with van der Waals surface area (Å²) in [6.07, 6.45) is 1.30. The third kappa shape index (κ3) is 3.69. The molecule has 0 fully saturated rings. The number of rotatable bonds is 4. The summed E-state index contributed by atoms with van der Waals surface area (Å²) < 4.78 is 0. The predicted octanol–water partition coefficient (Wildman–Crippen LogP) is 0.185. The molecule has 1 rings (SSSR count). The fourth-order valence-corrected chi connectivity index (χ4v) is 1.45. The van der Waals surface area contributed by atoms with Gasteiger partial charge in [-0.25, -0.2) is 4.98 Å². The molecule has 1 unspecified atom stereocenters. The first kappa shape index (κ1) is 13.4. The van der Waals surface area contributed by atoms with Crippen LogP contribution < -0.4 is 16.8 Å². The van der Waals surface area contributed by atoms with E-state index in [0.717, 1.165) is 5.56 Å². The van der Waals surface area contributed by atoms with Gasteiger partial charge in [0.1, 0.15) is 0 Å². The van der Waals surface area contributed by atoms with Crippen LogP contribution in [0.1, 0.15) is 12.0 Å². The largest absolute Gasteiger partial charge is 0.370 e. The number of nitrogens with zero attached hydrogens (tertiary/aromatic N) is 1. The Labute approximate surface area is 103 Å². The summed E-state index contributed by atoms with van der Waals surface area (Å²) in [7, 11) is 0. The summed E-state index contributed by atoms with van der Waals surface area (Å²) in [4.78, 5) is 26.1. The summed E-state index contributed by atoms with van der Waals surface area (Å²) in [5.41, 5.74) is 11.6. The molecule has 0 aliphatic heterocycles. The van der Waals surface area contributed by atoms with Crippen molar-refractivity contribution in [1.82, 2.24) is 4.98 Å². The van der Waals surface area contributed by atoms with Crippen LogP contribution in [0.2, 0.25) is 5.15 Å². The fourth-order valence-electron chi connectivity index (χ4n) is 1.20. The summed E-state index contributed by atoms with van der Waals surface area (Å²) >= 11 is 5.83. The van der Waals surface area contributed by atoms with Crippen molar-refractivity contribution in [3.05, 3.63) is 23.0 Å². The molecule has 1 atom stereocenters. The van der Waals surface area contributed by atoms with Gasteiger partial charge >= 0.3 is 0 Å². The van der Waals surface area contributed by atoms with Gasteiger partial charge in [-0.15, -0.1) is 0 Å². The van der Waals surface area contributed by atoms with E-state index in [4.69, 9.17) is 23.1 Å². The second kappa shape index (κ2) is 5.60. The molecule has 1 aromatic heterocycles. The Kier molecular flexibility index (Phi) is 4.42. The lowest BCUT2D eigenvalue weighted by Gasteiger charge is -2.13. The van der Waals surface area contributed by atoms with Gasteiger partial charge in [0.2, 0.25) is 11.8 Å². The van der Waals surface area contributed by atoms with Crippen LogP contribution in [0.3, 0.4) is 0 Å². The minimum Gasteiger partial charge on any atom is -0.370 e. The number of halogens is 1. The Morgan fingerprint density at radius 2 is 2.24 bits per heavy atom. The van der Waals surface area contributed by atoms with Gasteiger partial charge in [0.05, 0.1) is 18.2 Å². The molecule has 0 saturated heterocycles. The molecule has 5 N–H and O–H groups in total. The summed E-state index contributed by atoms with van der Waals surface area (Å²) in [5, 5.41) is 2.69. The lowest BCUT2D eigenvalue weighted by molar-refractivity contribution is -0.123. The number of carbonyl (C=O) groups is 2. The molecule has 6 nitrogen and oxygen atoms in total. The number of nitrogens with one attached hydrogen (secondary N) is 1. The highest BCUT2D eigenvalue weighted by molar-refractivity contribution is 6.32. The van der Waals surface area contributed by atoms with Crippen molar-refractivity contribution in [2.45, 2.75) is 19.4 Å². The molecule has 0 spiro atoms. The van der Waals surface area contributed by atoms with Crippen molar-refractivity contribution in [3.8, 4) is 0 Å². The maximum atomic E-state index is 11.6. The van der Waals surface area contributed by atoms with Crippen molar-refractivity contribution in [3.63, 3.8) is 0 Å². The highest BCUT2D eigenvalue weighted by Crippen LogP contribution is 2.22. The lowest BCUT2D eigenvalue weighted by Crippen LogP contribution is -2.39. The van der Waals surface area contributed by atoms with Gasteiger partial charge in [0.25, 0.3) is 0 Å². The first-order chi connectivity index (χ1) is 7.91. The van der Waals surface area contributed by atoms with Gasteiger partial charge in [0.15, 0.2) is 5.15 Å². The molecular formula is C10H13ClN4O2. The summed E-state index contributed by atoms with van der Waals surface area (Å²) in [6, 6.07) is 0.698. The third-order valence-electron chi connectivity index (χ3n) is 2.12. The van der Waals surface area contributed by atoms with E-state index in [9.17, 15) is 9.59 Å². The Bertz CT molecular complexity index is 430. The van der Waals surface area contributed by atoms with E-state index >= 15 is 0 Å². The molecule has 17 heavy (non-hydrogen) atoms. The fraction of sp³-hybridized carbons (Fsp3) is 0.300. The quantitative estimate of drug-likeness (QED) is 0.668. The van der Waals surface area contributed by atoms with E-state index < -0.39 is 17.9 Å². The number of hydrogen-bond acceptors (Lipinski definition) is 4. The van der Waals surface area contributed by atoms with Gasteiger partial charge < -0.3 is 16.8 Å². The van der Waals surface area contributed by atoms with E-state index in [1.165, 1.54) is 6.20 Å². The molecule has 0 radical (unpaired) electrons. The molecular weight excluding hydrogens is 244 g/mol. The number of pyridine rings is 1. The molecule has 2 amide bonds. The predicted molar refractivity (Wildman–Crippen MR) is 64.4 cm³/mol. The van der Waals surface area contributed by atoms with Gasteiger partial charge in [-0.05, 0) is 18.6 Å². The van der Waals surface area contributed by atoms with Gasteiger partial charge in [-0.3, -0.25) is 9.59 Å². The zero-order valence-corrected chi connectivity index (χ0v) is 9.99. The Balaban J connectivity index is 2.78. The van der Waals surface area contributed by atoms with Crippen LogP contribution in [0.25, 0.3) is 0 Å². The van der Waals surface area contributed by atoms with E-state index in [0.29, 0.717) is 5.69 Å². The van der Waals surface area contributed by atoms with Crippen molar-refractivity contribution in [2.24, 2.45) is 11.5 Å². The van der Waals surface area contributed by atoms with Crippen LogP contribution in [-0.4, -0.2) is 22.8 Å². The molecule has 0 saturated carbocycles. The van der Waals surface area contributed by atoms with Crippen LogP contribution in [0.15, 0.2) is 12.3 Å². The van der Waals surface area contributed by atoms with Gasteiger partial charge in [-0.1, -0.05) is 11.6 Å². The van der Waals surface area contributed by atoms with Crippen LogP contribution in [0, 0.1) is 6.92 Å². The molecule has 0 bridgehead atoms.